The first kappa shape index (κ1) is 10.5. The minimum absolute atomic E-state index is 0.201. The van der Waals surface area contributed by atoms with E-state index in [1.807, 2.05) is 12.1 Å². The second-order valence-corrected chi connectivity index (χ2v) is 4.44. The monoisotopic (exact) mass is 206 g/mol. The van der Waals surface area contributed by atoms with Gasteiger partial charge in [0.15, 0.2) is 0 Å². The Morgan fingerprint density at radius 1 is 1.33 bits per heavy atom. The molecule has 1 atom stereocenters. The Kier molecular flexibility index (Phi) is 2.96. The van der Waals surface area contributed by atoms with Crippen molar-refractivity contribution in [1.29, 1.82) is 0 Å². The molecule has 1 fully saturated rings. The van der Waals surface area contributed by atoms with Crippen LogP contribution in [-0.4, -0.2) is 19.3 Å². The number of ether oxygens (including phenoxy) is 2. The summed E-state index contributed by atoms with van der Waals surface area (Å²) in [5, 5.41) is 0. The van der Waals surface area contributed by atoms with Crippen LogP contribution in [0.2, 0.25) is 0 Å². The number of epoxide rings is 1. The molecule has 15 heavy (non-hydrogen) atoms. The molecule has 0 saturated carbocycles. The van der Waals surface area contributed by atoms with Crippen molar-refractivity contribution in [2.45, 2.75) is 31.8 Å². The van der Waals surface area contributed by atoms with E-state index in [4.69, 9.17) is 9.47 Å². The summed E-state index contributed by atoms with van der Waals surface area (Å²) in [5.41, 5.74) is 1.58. The molecule has 2 nitrogen and oxygen atoms in total. The minimum Gasteiger partial charge on any atom is -0.497 e. The lowest BCUT2D eigenvalue weighted by molar-refractivity contribution is 0.304. The molecule has 0 spiro atoms. The van der Waals surface area contributed by atoms with Crippen LogP contribution in [-0.2, 0) is 11.2 Å². The predicted molar refractivity (Wildman–Crippen MR) is 60.3 cm³/mol. The third kappa shape index (κ3) is 2.96. The molecule has 1 heterocycles. The van der Waals surface area contributed by atoms with E-state index >= 15 is 0 Å². The molecule has 82 valence electrons. The smallest absolute Gasteiger partial charge is 0.118 e. The Balaban J connectivity index is 1.77. The fourth-order valence-electron chi connectivity index (χ4n) is 1.73. The Morgan fingerprint density at radius 2 is 2.00 bits per heavy atom. The second-order valence-electron chi connectivity index (χ2n) is 4.44. The van der Waals surface area contributed by atoms with Gasteiger partial charge in [-0.3, -0.25) is 0 Å². The van der Waals surface area contributed by atoms with Crippen LogP contribution in [0.5, 0.6) is 5.75 Å². The van der Waals surface area contributed by atoms with Crippen LogP contribution in [0, 0.1) is 0 Å². The Bertz CT molecular complexity index is 312. The lowest BCUT2D eigenvalue weighted by Crippen LogP contribution is -2.04. The van der Waals surface area contributed by atoms with Gasteiger partial charge in [0.05, 0.1) is 19.3 Å². The highest BCUT2D eigenvalue weighted by Crippen LogP contribution is 2.31. The van der Waals surface area contributed by atoms with E-state index in [2.05, 4.69) is 19.1 Å². The lowest BCUT2D eigenvalue weighted by atomic mass is 10.0. The van der Waals surface area contributed by atoms with Crippen molar-refractivity contribution in [2.75, 3.05) is 13.7 Å². The molecule has 0 N–H and O–H groups in total. The van der Waals surface area contributed by atoms with Crippen LogP contribution in [0.15, 0.2) is 24.3 Å². The van der Waals surface area contributed by atoms with Crippen molar-refractivity contribution in [3.63, 3.8) is 0 Å². The maximum absolute atomic E-state index is 5.35. The third-order valence-electron chi connectivity index (χ3n) is 2.97. The fourth-order valence-corrected chi connectivity index (χ4v) is 1.73. The summed E-state index contributed by atoms with van der Waals surface area (Å²) in [4.78, 5) is 0. The van der Waals surface area contributed by atoms with Gasteiger partial charge in [0.1, 0.15) is 5.75 Å². The van der Waals surface area contributed by atoms with E-state index in [1.165, 1.54) is 18.4 Å². The van der Waals surface area contributed by atoms with Gasteiger partial charge < -0.3 is 9.47 Å². The molecular weight excluding hydrogens is 188 g/mol. The first-order chi connectivity index (χ1) is 7.22. The molecule has 0 unspecified atom stereocenters. The highest BCUT2D eigenvalue weighted by atomic mass is 16.6. The van der Waals surface area contributed by atoms with Crippen LogP contribution in [0.4, 0.5) is 0 Å². The Labute approximate surface area is 91.2 Å². The van der Waals surface area contributed by atoms with Crippen molar-refractivity contribution in [2.24, 2.45) is 0 Å². The number of benzene rings is 1. The molecule has 2 heteroatoms. The number of hydrogen-bond donors (Lipinski definition) is 0. The first-order valence-electron chi connectivity index (χ1n) is 5.49. The van der Waals surface area contributed by atoms with Gasteiger partial charge in [0.2, 0.25) is 0 Å². The Morgan fingerprint density at radius 3 is 2.53 bits per heavy atom. The molecule has 1 aromatic carbocycles. The zero-order chi connectivity index (χ0) is 10.7. The average Bonchev–Trinajstić information content (AvgIpc) is 2.98. The molecule has 0 bridgehead atoms. The topological polar surface area (TPSA) is 21.8 Å². The molecule has 1 saturated heterocycles. The van der Waals surface area contributed by atoms with Gasteiger partial charge in [-0.15, -0.1) is 0 Å². The largest absolute Gasteiger partial charge is 0.497 e. The highest BCUT2D eigenvalue weighted by Gasteiger charge is 2.37. The van der Waals surface area contributed by atoms with Gasteiger partial charge in [-0.25, -0.2) is 0 Å². The second kappa shape index (κ2) is 4.23. The fraction of sp³-hybridized carbons (Fsp3) is 0.538. The van der Waals surface area contributed by atoms with Crippen molar-refractivity contribution in [3.8, 4) is 5.75 Å². The summed E-state index contributed by atoms with van der Waals surface area (Å²) in [6.07, 6.45) is 3.49. The molecule has 0 aromatic heterocycles. The molecular formula is C13H18O2. The summed E-state index contributed by atoms with van der Waals surface area (Å²) in [6, 6.07) is 8.30. The SMILES string of the molecule is COc1ccc(CCC[C@@]2(C)CO2)cc1. The number of rotatable bonds is 5. The van der Waals surface area contributed by atoms with E-state index in [0.717, 1.165) is 18.8 Å². The van der Waals surface area contributed by atoms with Crippen molar-refractivity contribution in [3.05, 3.63) is 29.8 Å². The molecule has 1 aliphatic heterocycles. The molecule has 0 amide bonds. The molecule has 0 aliphatic carbocycles. The standard InChI is InChI=1S/C13H18O2/c1-13(10-15-13)9-3-4-11-5-7-12(14-2)8-6-11/h5-8H,3-4,9-10H2,1-2H3/t13-/m0/s1. The zero-order valence-corrected chi connectivity index (χ0v) is 9.45. The highest BCUT2D eigenvalue weighted by molar-refractivity contribution is 5.27. The van der Waals surface area contributed by atoms with E-state index in [1.54, 1.807) is 7.11 Å². The van der Waals surface area contributed by atoms with Gasteiger partial charge in [-0.2, -0.15) is 0 Å². The Hall–Kier alpha value is -1.02. The molecule has 1 aliphatic rings. The van der Waals surface area contributed by atoms with Crippen LogP contribution in [0.25, 0.3) is 0 Å². The summed E-state index contributed by atoms with van der Waals surface area (Å²) >= 11 is 0. The van der Waals surface area contributed by atoms with Crippen molar-refractivity contribution >= 4 is 0 Å². The number of hydrogen-bond acceptors (Lipinski definition) is 2. The zero-order valence-electron chi connectivity index (χ0n) is 9.45. The summed E-state index contributed by atoms with van der Waals surface area (Å²) in [6.45, 7) is 3.12. The quantitative estimate of drug-likeness (QED) is 0.691. The van der Waals surface area contributed by atoms with E-state index < -0.39 is 0 Å². The van der Waals surface area contributed by atoms with Crippen LogP contribution < -0.4 is 4.74 Å². The maximum atomic E-state index is 5.35. The van der Waals surface area contributed by atoms with E-state index in [0.29, 0.717) is 0 Å². The van der Waals surface area contributed by atoms with Crippen molar-refractivity contribution in [1.82, 2.24) is 0 Å². The first-order valence-corrected chi connectivity index (χ1v) is 5.49. The normalized spacial score (nSPS) is 23.9. The van der Waals surface area contributed by atoms with Gasteiger partial charge in [0.25, 0.3) is 0 Å². The maximum Gasteiger partial charge on any atom is 0.118 e. The summed E-state index contributed by atoms with van der Waals surface area (Å²) in [7, 11) is 1.69. The van der Waals surface area contributed by atoms with Crippen molar-refractivity contribution < 1.29 is 9.47 Å². The number of methoxy groups -OCH3 is 1. The van der Waals surface area contributed by atoms with E-state index in [-0.39, 0.29) is 5.60 Å². The predicted octanol–water partition coefficient (Wildman–Crippen LogP) is 2.81. The van der Waals surface area contributed by atoms with Crippen LogP contribution >= 0.6 is 0 Å². The molecule has 1 aromatic rings. The van der Waals surface area contributed by atoms with Gasteiger partial charge in [-0.1, -0.05) is 12.1 Å². The van der Waals surface area contributed by atoms with Crippen LogP contribution in [0.1, 0.15) is 25.3 Å². The van der Waals surface area contributed by atoms with Crippen LogP contribution in [0.3, 0.4) is 0 Å². The average molecular weight is 206 g/mol. The van der Waals surface area contributed by atoms with Gasteiger partial charge >= 0.3 is 0 Å². The lowest BCUT2D eigenvalue weighted by Gasteiger charge is -2.05. The molecule has 0 radical (unpaired) electrons. The summed E-state index contributed by atoms with van der Waals surface area (Å²) in [5.74, 6) is 0.927. The van der Waals surface area contributed by atoms with Gasteiger partial charge in [0, 0.05) is 0 Å². The van der Waals surface area contributed by atoms with Gasteiger partial charge in [-0.05, 0) is 43.9 Å². The minimum atomic E-state index is 0.201. The molecule has 2 rings (SSSR count). The van der Waals surface area contributed by atoms with E-state index in [9.17, 15) is 0 Å². The third-order valence-corrected chi connectivity index (χ3v) is 2.97. The summed E-state index contributed by atoms with van der Waals surface area (Å²) < 4.78 is 10.5. The number of aryl methyl sites for hydroxylation is 1.